The van der Waals surface area contributed by atoms with E-state index in [9.17, 15) is 18.3 Å². The average molecular weight is 573 g/mol. The maximum Gasteiger partial charge on any atom is 0.335 e. The molecule has 12 heteroatoms. The highest BCUT2D eigenvalue weighted by molar-refractivity contribution is 7.90. The van der Waals surface area contributed by atoms with Crippen molar-refractivity contribution in [3.63, 3.8) is 0 Å². The number of carboxylic acid groups (broad SMARTS) is 1. The second-order valence-electron chi connectivity index (χ2n) is 8.99. The zero-order chi connectivity index (χ0) is 26.6. The first kappa shape index (κ1) is 24.7. The summed E-state index contributed by atoms with van der Waals surface area (Å²) in [5.41, 5.74) is 1.96. The molecule has 2 aromatic heterocycles. The number of ether oxygens (including phenoxy) is 2. The first-order valence-electron chi connectivity index (χ1n) is 11.5. The molecule has 0 bridgehead atoms. The van der Waals surface area contributed by atoms with Crippen LogP contribution in [0, 0.1) is 0 Å². The lowest BCUT2D eigenvalue weighted by Gasteiger charge is -2.11. The quantitative estimate of drug-likeness (QED) is 0.283. The van der Waals surface area contributed by atoms with Crippen LogP contribution in [0.15, 0.2) is 58.1 Å². The lowest BCUT2D eigenvalue weighted by Crippen LogP contribution is -2.06. The molecule has 0 amide bonds. The molecular weight excluding hydrogens is 555 g/mol. The van der Waals surface area contributed by atoms with E-state index < -0.39 is 15.8 Å². The molecule has 3 heterocycles. The van der Waals surface area contributed by atoms with Crippen molar-refractivity contribution >= 4 is 39.0 Å². The first-order chi connectivity index (χ1) is 18.2. The van der Waals surface area contributed by atoms with Gasteiger partial charge in [0.2, 0.25) is 5.88 Å². The van der Waals surface area contributed by atoms with E-state index >= 15 is 0 Å². The molecule has 4 aromatic rings. The van der Waals surface area contributed by atoms with Crippen LogP contribution in [0.25, 0.3) is 11.3 Å². The standard InChI is InChI=1S/C26H18Cl2N2O7S/c27-17-2-1-3-18(28)23(17)24-16(25(37-30-24)13-4-5-13)11-35-22-9-21-20(10-29-22)36-19-8-14(26(31)32)6-7-15(19)12-38(21,33)34/h1-3,6-10,13H,4-5,11-12H2,(H,31,32). The van der Waals surface area contributed by atoms with Crippen molar-refractivity contribution in [1.82, 2.24) is 10.1 Å². The van der Waals surface area contributed by atoms with Gasteiger partial charge in [0.1, 0.15) is 28.7 Å². The maximum atomic E-state index is 13.2. The van der Waals surface area contributed by atoms with E-state index in [0.717, 1.165) is 12.8 Å². The number of fused-ring (bicyclic) bond motifs is 2. The number of pyridine rings is 1. The normalized spacial score (nSPS) is 15.6. The fourth-order valence-corrected chi connectivity index (χ4v) is 6.36. The Morgan fingerprint density at radius 2 is 1.87 bits per heavy atom. The molecule has 2 aromatic carbocycles. The Morgan fingerprint density at radius 1 is 1.11 bits per heavy atom. The molecule has 6 rings (SSSR count). The van der Waals surface area contributed by atoms with E-state index in [4.69, 9.17) is 37.2 Å². The van der Waals surface area contributed by atoms with Gasteiger partial charge in [0.05, 0.1) is 33.1 Å². The Morgan fingerprint density at radius 3 is 2.58 bits per heavy atom. The summed E-state index contributed by atoms with van der Waals surface area (Å²) >= 11 is 12.8. The number of aromatic carboxylic acids is 1. The summed E-state index contributed by atoms with van der Waals surface area (Å²) in [5.74, 6) is -0.473. The molecule has 9 nitrogen and oxygen atoms in total. The Balaban J connectivity index is 1.33. The van der Waals surface area contributed by atoms with Crippen LogP contribution in [-0.4, -0.2) is 29.6 Å². The third-order valence-electron chi connectivity index (χ3n) is 6.35. The number of carboxylic acids is 1. The SMILES string of the molecule is O=C(O)c1ccc2c(c1)Oc1cnc(OCc3c(-c4c(Cl)cccc4Cl)noc3C3CC3)cc1S(=O)(=O)C2. The molecule has 38 heavy (non-hydrogen) atoms. The minimum Gasteiger partial charge on any atom is -0.478 e. The summed E-state index contributed by atoms with van der Waals surface area (Å²) < 4.78 is 43.8. The number of hydrogen-bond donors (Lipinski definition) is 1. The first-order valence-corrected chi connectivity index (χ1v) is 13.9. The summed E-state index contributed by atoms with van der Waals surface area (Å²) in [5, 5.41) is 14.3. The number of nitrogens with zero attached hydrogens (tertiary/aromatic N) is 2. The molecule has 0 spiro atoms. The van der Waals surface area contributed by atoms with Gasteiger partial charge in [0.15, 0.2) is 15.6 Å². The molecule has 0 unspecified atom stereocenters. The number of aromatic nitrogens is 2. The number of hydrogen-bond acceptors (Lipinski definition) is 8. The Hall–Kier alpha value is -3.60. The number of halogens is 2. The smallest absolute Gasteiger partial charge is 0.335 e. The van der Waals surface area contributed by atoms with Crippen molar-refractivity contribution in [2.24, 2.45) is 0 Å². The summed E-state index contributed by atoms with van der Waals surface area (Å²) in [4.78, 5) is 15.5. The minimum atomic E-state index is -3.85. The van der Waals surface area contributed by atoms with E-state index in [-0.39, 0.29) is 46.1 Å². The van der Waals surface area contributed by atoms with Gasteiger partial charge in [-0.2, -0.15) is 0 Å². The predicted molar refractivity (Wildman–Crippen MR) is 137 cm³/mol. The zero-order valence-electron chi connectivity index (χ0n) is 19.5. The van der Waals surface area contributed by atoms with Crippen LogP contribution in [0.3, 0.4) is 0 Å². The third kappa shape index (κ3) is 4.48. The molecule has 0 saturated heterocycles. The number of carbonyl (C=O) groups is 1. The molecule has 1 aliphatic carbocycles. The zero-order valence-corrected chi connectivity index (χ0v) is 21.8. The van der Waals surface area contributed by atoms with Crippen LogP contribution in [-0.2, 0) is 22.2 Å². The highest BCUT2D eigenvalue weighted by atomic mass is 35.5. The Bertz CT molecular complexity index is 1690. The highest BCUT2D eigenvalue weighted by Crippen LogP contribution is 2.46. The summed E-state index contributed by atoms with van der Waals surface area (Å²) in [6.45, 7) is -0.0128. The monoisotopic (exact) mass is 572 g/mol. The second-order valence-corrected chi connectivity index (χ2v) is 11.8. The molecule has 2 aliphatic rings. The van der Waals surface area contributed by atoms with Crippen LogP contribution >= 0.6 is 23.2 Å². The Kier molecular flexibility index (Phi) is 6.05. The molecular formula is C26H18Cl2N2O7S. The maximum absolute atomic E-state index is 13.2. The van der Waals surface area contributed by atoms with E-state index in [1.54, 1.807) is 18.2 Å². The molecule has 194 valence electrons. The summed E-state index contributed by atoms with van der Waals surface area (Å²) in [7, 11) is -3.85. The van der Waals surface area contributed by atoms with Gasteiger partial charge in [-0.3, -0.25) is 0 Å². The van der Waals surface area contributed by atoms with Crippen LogP contribution < -0.4 is 9.47 Å². The largest absolute Gasteiger partial charge is 0.478 e. The van der Waals surface area contributed by atoms with Gasteiger partial charge in [0, 0.05) is 23.1 Å². The summed E-state index contributed by atoms with van der Waals surface area (Å²) in [6.07, 6.45) is 3.15. The predicted octanol–water partition coefficient (Wildman–Crippen LogP) is 6.28. The van der Waals surface area contributed by atoms with Crippen LogP contribution in [0.5, 0.6) is 17.4 Å². The van der Waals surface area contributed by atoms with Gasteiger partial charge in [-0.1, -0.05) is 40.5 Å². The minimum absolute atomic E-state index is 0.0128. The lowest BCUT2D eigenvalue weighted by atomic mass is 10.0. The van der Waals surface area contributed by atoms with Gasteiger partial charge < -0.3 is 19.1 Å². The topological polar surface area (TPSA) is 129 Å². The third-order valence-corrected chi connectivity index (χ3v) is 8.66. The molecule has 1 aliphatic heterocycles. The molecule has 0 atom stereocenters. The average Bonchev–Trinajstić information content (AvgIpc) is 3.65. The fraction of sp³-hybridized carbons (Fsp3) is 0.192. The highest BCUT2D eigenvalue weighted by Gasteiger charge is 2.34. The van der Waals surface area contributed by atoms with Gasteiger partial charge in [0.25, 0.3) is 0 Å². The fourth-order valence-electron chi connectivity index (χ4n) is 4.30. The molecule has 1 N–H and O–H groups in total. The van der Waals surface area contributed by atoms with Gasteiger partial charge >= 0.3 is 5.97 Å². The van der Waals surface area contributed by atoms with Crippen LogP contribution in [0.2, 0.25) is 10.0 Å². The number of sulfone groups is 1. The van der Waals surface area contributed by atoms with Gasteiger partial charge in [-0.15, -0.1) is 0 Å². The molecule has 0 radical (unpaired) electrons. The number of benzene rings is 2. The van der Waals surface area contributed by atoms with Crippen molar-refractivity contribution in [3.05, 3.63) is 81.2 Å². The van der Waals surface area contributed by atoms with Crippen molar-refractivity contribution in [2.45, 2.75) is 36.0 Å². The molecule has 1 fully saturated rings. The van der Waals surface area contributed by atoms with E-state index in [1.165, 1.54) is 30.5 Å². The van der Waals surface area contributed by atoms with Crippen molar-refractivity contribution in [1.29, 1.82) is 0 Å². The van der Waals surface area contributed by atoms with E-state index in [2.05, 4.69) is 10.1 Å². The van der Waals surface area contributed by atoms with Gasteiger partial charge in [-0.05, 0) is 37.1 Å². The van der Waals surface area contributed by atoms with Gasteiger partial charge in [-0.25, -0.2) is 18.2 Å². The summed E-state index contributed by atoms with van der Waals surface area (Å²) in [6, 6.07) is 10.5. The Labute approximate surface area is 226 Å². The van der Waals surface area contributed by atoms with E-state index in [1.807, 2.05) is 0 Å². The second kappa shape index (κ2) is 9.30. The number of rotatable bonds is 6. The van der Waals surface area contributed by atoms with Crippen molar-refractivity contribution in [3.8, 4) is 28.6 Å². The molecule has 1 saturated carbocycles. The van der Waals surface area contributed by atoms with Crippen LogP contribution in [0.4, 0.5) is 0 Å². The van der Waals surface area contributed by atoms with E-state index in [0.29, 0.717) is 38.2 Å². The van der Waals surface area contributed by atoms with Crippen molar-refractivity contribution in [2.75, 3.05) is 0 Å². The lowest BCUT2D eigenvalue weighted by molar-refractivity contribution is 0.0696. The van der Waals surface area contributed by atoms with Crippen LogP contribution in [0.1, 0.15) is 46.0 Å². The van der Waals surface area contributed by atoms with Crippen molar-refractivity contribution < 1.29 is 32.3 Å².